The second kappa shape index (κ2) is 19.3. The molecule has 0 N–H and O–H groups in total. The van der Waals surface area contributed by atoms with E-state index in [4.69, 9.17) is 29.9 Å². The standard InChI is InChI=1S/C70H52N10/c1-69(2)53-21-5-9-27-63(53)79(64-28-10-6-22-54(64)69)47-31-33-49(51(39-47)67-75-59(45-19-17-35-71-43-45)41-61(77-67)57-25-13-15-37-73-57)50-34-32-48(80-65-29-11-7-23-55(65)70(3,4)56-24-8-12-30-66(56)80)40-52(50)68-76-60(46-20-18-36-72-44-46)42-62(78-68)58-26-14-16-38-74-58/h5-44H,1-4H3. The van der Waals surface area contributed by atoms with Crippen molar-refractivity contribution in [3.63, 3.8) is 0 Å². The summed E-state index contributed by atoms with van der Waals surface area (Å²) in [5.41, 5.74) is 20.0. The number of hydrogen-bond donors (Lipinski definition) is 0. The number of para-hydroxylation sites is 4. The lowest BCUT2D eigenvalue weighted by molar-refractivity contribution is 0.632. The van der Waals surface area contributed by atoms with Gasteiger partial charge in [0.25, 0.3) is 0 Å². The van der Waals surface area contributed by atoms with Crippen molar-refractivity contribution < 1.29 is 0 Å². The summed E-state index contributed by atoms with van der Waals surface area (Å²) in [6.45, 7) is 9.24. The molecule has 6 aromatic heterocycles. The molecule has 2 aliphatic heterocycles. The highest BCUT2D eigenvalue weighted by Crippen LogP contribution is 2.55. The van der Waals surface area contributed by atoms with Crippen molar-refractivity contribution in [2.24, 2.45) is 0 Å². The highest BCUT2D eigenvalue weighted by atomic mass is 15.2. The van der Waals surface area contributed by atoms with Gasteiger partial charge < -0.3 is 9.80 Å². The molecule has 0 amide bonds. The summed E-state index contributed by atoms with van der Waals surface area (Å²) in [6, 6.07) is 72.0. The summed E-state index contributed by atoms with van der Waals surface area (Å²) in [5, 5.41) is 0. The van der Waals surface area contributed by atoms with E-state index in [1.54, 1.807) is 24.8 Å². The normalized spacial score (nSPS) is 13.7. The predicted octanol–water partition coefficient (Wildman–Crippen LogP) is 16.7. The molecule has 0 fully saturated rings. The van der Waals surface area contributed by atoms with Crippen molar-refractivity contribution in [2.45, 2.75) is 38.5 Å². The molecule has 0 spiro atoms. The maximum atomic E-state index is 5.50. The topological polar surface area (TPSA) is 110 Å². The monoisotopic (exact) mass is 1030 g/mol. The lowest BCUT2D eigenvalue weighted by atomic mass is 9.73. The van der Waals surface area contributed by atoms with Crippen LogP contribution in [0, 0.1) is 0 Å². The van der Waals surface area contributed by atoms with Gasteiger partial charge in [-0.15, -0.1) is 0 Å². The van der Waals surface area contributed by atoms with E-state index in [-0.39, 0.29) is 10.8 Å². The Labute approximate surface area is 465 Å². The van der Waals surface area contributed by atoms with Crippen LogP contribution in [-0.4, -0.2) is 39.9 Å². The van der Waals surface area contributed by atoms with E-state index in [0.717, 1.165) is 78.9 Å². The molecule has 0 unspecified atom stereocenters. The summed E-state index contributed by atoms with van der Waals surface area (Å²) < 4.78 is 0. The van der Waals surface area contributed by atoms with Gasteiger partial charge in [-0.2, -0.15) is 0 Å². The highest BCUT2D eigenvalue weighted by Gasteiger charge is 2.39. The third-order valence-electron chi connectivity index (χ3n) is 15.8. The molecule has 0 bridgehead atoms. The van der Waals surface area contributed by atoms with Crippen LogP contribution in [0.5, 0.6) is 0 Å². The molecule has 2 aliphatic rings. The number of rotatable bonds is 9. The first-order valence-electron chi connectivity index (χ1n) is 26.9. The third-order valence-corrected chi connectivity index (χ3v) is 15.8. The van der Waals surface area contributed by atoms with Crippen LogP contribution < -0.4 is 9.80 Å². The van der Waals surface area contributed by atoms with Crippen molar-refractivity contribution in [2.75, 3.05) is 9.80 Å². The molecule has 382 valence electrons. The summed E-state index contributed by atoms with van der Waals surface area (Å²) in [6.07, 6.45) is 10.8. The van der Waals surface area contributed by atoms with Crippen molar-refractivity contribution >= 4 is 34.1 Å². The average molecular weight is 1030 g/mol. The second-order valence-electron chi connectivity index (χ2n) is 21.3. The van der Waals surface area contributed by atoms with Gasteiger partial charge in [0, 0.05) is 81.6 Å². The van der Waals surface area contributed by atoms with Gasteiger partial charge in [0.15, 0.2) is 11.6 Å². The molecule has 8 heterocycles. The first-order valence-corrected chi connectivity index (χ1v) is 26.9. The SMILES string of the molecule is CC1(C)c2ccccc2N(c2ccc(-c3ccc(N4c5ccccc5C(C)(C)c5ccccc54)cc3-c3nc(-c4cccnc4)cc(-c4ccccn4)n3)c(-c3nc(-c4cccnc4)cc(-c4ccccn4)n3)c2)c2ccccc21. The number of hydrogen-bond acceptors (Lipinski definition) is 10. The Hall–Kier alpha value is -10.3. The Morgan fingerprint density at radius 1 is 0.300 bits per heavy atom. The van der Waals surface area contributed by atoms with Crippen LogP contribution in [0.2, 0.25) is 0 Å². The van der Waals surface area contributed by atoms with Crippen LogP contribution in [-0.2, 0) is 10.8 Å². The Balaban J connectivity index is 1.08. The van der Waals surface area contributed by atoms with E-state index in [9.17, 15) is 0 Å². The van der Waals surface area contributed by atoms with E-state index in [0.29, 0.717) is 34.4 Å². The van der Waals surface area contributed by atoms with Gasteiger partial charge in [-0.25, -0.2) is 19.9 Å². The molecule has 12 aromatic rings. The van der Waals surface area contributed by atoms with Gasteiger partial charge in [0.05, 0.1) is 56.9 Å². The molecule has 0 saturated heterocycles. The van der Waals surface area contributed by atoms with Gasteiger partial charge in [-0.1, -0.05) is 125 Å². The number of fused-ring (bicyclic) bond motifs is 4. The highest BCUT2D eigenvalue weighted by molar-refractivity contribution is 5.97. The maximum absolute atomic E-state index is 5.50. The zero-order chi connectivity index (χ0) is 54.0. The minimum Gasteiger partial charge on any atom is -0.310 e. The van der Waals surface area contributed by atoms with Gasteiger partial charge in [0.2, 0.25) is 0 Å². The fourth-order valence-electron chi connectivity index (χ4n) is 11.8. The van der Waals surface area contributed by atoms with Gasteiger partial charge >= 0.3 is 0 Å². The largest absolute Gasteiger partial charge is 0.310 e. The number of pyridine rings is 4. The average Bonchev–Trinajstić information content (AvgIpc) is 3.31. The lowest BCUT2D eigenvalue weighted by Crippen LogP contribution is -2.30. The zero-order valence-corrected chi connectivity index (χ0v) is 44.6. The van der Waals surface area contributed by atoms with Gasteiger partial charge in [0.1, 0.15) is 0 Å². The Morgan fingerprint density at radius 2 is 0.662 bits per heavy atom. The summed E-state index contributed by atoms with van der Waals surface area (Å²) in [5.74, 6) is 1.02. The van der Waals surface area contributed by atoms with Gasteiger partial charge in [-0.3, -0.25) is 19.9 Å². The van der Waals surface area contributed by atoms with E-state index in [1.165, 1.54) is 22.3 Å². The van der Waals surface area contributed by atoms with Crippen molar-refractivity contribution in [3.8, 4) is 79.2 Å². The van der Waals surface area contributed by atoms with Crippen LogP contribution in [0.25, 0.3) is 79.2 Å². The fraction of sp³-hybridized carbons (Fsp3) is 0.0857. The number of nitrogens with zero attached hydrogens (tertiary/aromatic N) is 10. The minimum absolute atomic E-state index is 0.258. The maximum Gasteiger partial charge on any atom is 0.161 e. The first-order chi connectivity index (χ1) is 39.2. The molecule has 0 aliphatic carbocycles. The summed E-state index contributed by atoms with van der Waals surface area (Å²) in [4.78, 5) is 45.4. The van der Waals surface area contributed by atoms with Crippen LogP contribution >= 0.6 is 0 Å². The number of anilines is 6. The van der Waals surface area contributed by atoms with Crippen LogP contribution in [0.15, 0.2) is 243 Å². The molecular weight excluding hydrogens is 981 g/mol. The molecule has 80 heavy (non-hydrogen) atoms. The van der Waals surface area contributed by atoms with Gasteiger partial charge in [-0.05, 0) is 143 Å². The summed E-state index contributed by atoms with van der Waals surface area (Å²) in [7, 11) is 0. The van der Waals surface area contributed by atoms with E-state index < -0.39 is 0 Å². The predicted molar refractivity (Wildman–Crippen MR) is 320 cm³/mol. The molecular formula is C70H52N10. The van der Waals surface area contributed by atoms with E-state index in [2.05, 4.69) is 181 Å². The Bertz CT molecular complexity index is 3820. The molecule has 10 heteroatoms. The van der Waals surface area contributed by atoms with Crippen LogP contribution in [0.1, 0.15) is 49.9 Å². The third kappa shape index (κ3) is 8.19. The smallest absolute Gasteiger partial charge is 0.161 e. The number of aromatic nitrogens is 8. The minimum atomic E-state index is -0.258. The molecule has 6 aromatic carbocycles. The molecule has 14 rings (SSSR count). The Morgan fingerprint density at radius 3 is 1.01 bits per heavy atom. The summed E-state index contributed by atoms with van der Waals surface area (Å²) >= 11 is 0. The first kappa shape index (κ1) is 48.1. The lowest BCUT2D eigenvalue weighted by Gasteiger charge is -2.42. The van der Waals surface area contributed by atoms with Crippen molar-refractivity contribution in [1.29, 1.82) is 0 Å². The molecule has 10 nitrogen and oxygen atoms in total. The van der Waals surface area contributed by atoms with Crippen LogP contribution in [0.4, 0.5) is 34.1 Å². The van der Waals surface area contributed by atoms with E-state index >= 15 is 0 Å². The van der Waals surface area contributed by atoms with Crippen LogP contribution in [0.3, 0.4) is 0 Å². The number of benzene rings is 6. The second-order valence-corrected chi connectivity index (χ2v) is 21.3. The van der Waals surface area contributed by atoms with Crippen molar-refractivity contribution in [3.05, 3.63) is 266 Å². The zero-order valence-electron chi connectivity index (χ0n) is 44.6. The molecule has 0 saturated carbocycles. The fourth-order valence-corrected chi connectivity index (χ4v) is 11.8. The molecule has 0 radical (unpaired) electrons. The quantitative estimate of drug-likeness (QED) is 0.139. The Kier molecular flexibility index (Phi) is 11.6. The molecule has 0 atom stereocenters. The van der Waals surface area contributed by atoms with Crippen molar-refractivity contribution in [1.82, 2.24) is 39.9 Å². The van der Waals surface area contributed by atoms with E-state index in [1.807, 2.05) is 85.2 Å².